The zero-order valence-electron chi connectivity index (χ0n) is 22.3. The molecule has 0 atom stereocenters. The lowest BCUT2D eigenvalue weighted by Gasteiger charge is -2.11. The van der Waals surface area contributed by atoms with Crippen LogP contribution in [0.4, 0.5) is 5.69 Å². The van der Waals surface area contributed by atoms with Gasteiger partial charge >= 0.3 is 0 Å². The Morgan fingerprint density at radius 1 is 0.949 bits per heavy atom. The third kappa shape index (κ3) is 12.8. The van der Waals surface area contributed by atoms with E-state index in [4.69, 9.17) is 28.5 Å². The van der Waals surface area contributed by atoms with Crippen molar-refractivity contribution >= 4 is 41.6 Å². The van der Waals surface area contributed by atoms with Gasteiger partial charge in [-0.05, 0) is 79.3 Å². The summed E-state index contributed by atoms with van der Waals surface area (Å²) in [7, 11) is 1.82. The third-order valence-electron chi connectivity index (χ3n) is 6.15. The van der Waals surface area contributed by atoms with Crippen LogP contribution in [0.5, 0.6) is 0 Å². The molecule has 0 bridgehead atoms. The summed E-state index contributed by atoms with van der Waals surface area (Å²) in [6, 6.07) is 24.8. The van der Waals surface area contributed by atoms with Crippen molar-refractivity contribution in [3.63, 3.8) is 0 Å². The number of carbonyl (C=O) groups is 2. The summed E-state index contributed by atoms with van der Waals surface area (Å²) in [6.45, 7) is 1.24. The molecule has 6 nitrogen and oxygen atoms in total. The molecular formula is C31H36Cl2N4O2. The summed E-state index contributed by atoms with van der Waals surface area (Å²) in [5.74, 6) is 0. The van der Waals surface area contributed by atoms with E-state index in [2.05, 4.69) is 52.4 Å². The summed E-state index contributed by atoms with van der Waals surface area (Å²) in [4.78, 5) is 18.6. The minimum atomic E-state index is 0.115. The molecule has 0 aromatic heterocycles. The molecule has 3 aromatic carbocycles. The highest BCUT2D eigenvalue weighted by molar-refractivity contribution is 6.35. The van der Waals surface area contributed by atoms with Crippen LogP contribution in [0.1, 0.15) is 43.2 Å². The van der Waals surface area contributed by atoms with Gasteiger partial charge in [-0.2, -0.15) is 5.26 Å². The Bertz CT molecular complexity index is 1160. The zero-order valence-corrected chi connectivity index (χ0v) is 23.8. The Labute approximate surface area is 241 Å². The number of rotatable bonds is 10. The van der Waals surface area contributed by atoms with Gasteiger partial charge in [0.15, 0.2) is 0 Å². The number of nitrogens with zero attached hydrogens (tertiary/aromatic N) is 1. The number of amides is 1. The van der Waals surface area contributed by atoms with Crippen molar-refractivity contribution in [3.05, 3.63) is 87.9 Å². The van der Waals surface area contributed by atoms with E-state index in [-0.39, 0.29) is 6.54 Å². The molecule has 0 radical (unpaired) electrons. The average molecular weight is 568 g/mol. The first-order valence-electron chi connectivity index (χ1n) is 13.1. The van der Waals surface area contributed by atoms with Crippen molar-refractivity contribution in [3.8, 4) is 17.2 Å². The van der Waals surface area contributed by atoms with Crippen LogP contribution < -0.4 is 16.0 Å². The molecule has 1 aliphatic rings. The first-order chi connectivity index (χ1) is 19.0. The molecule has 0 heterocycles. The van der Waals surface area contributed by atoms with E-state index < -0.39 is 0 Å². The predicted octanol–water partition coefficient (Wildman–Crippen LogP) is 6.66. The molecule has 1 aliphatic carbocycles. The van der Waals surface area contributed by atoms with Crippen molar-refractivity contribution in [2.45, 2.75) is 44.6 Å². The van der Waals surface area contributed by atoms with Crippen LogP contribution in [0.3, 0.4) is 0 Å². The second-order valence-corrected chi connectivity index (χ2v) is 9.90. The van der Waals surface area contributed by atoms with Crippen LogP contribution >= 0.6 is 23.2 Å². The molecule has 0 aliphatic heterocycles. The molecule has 1 amide bonds. The fourth-order valence-corrected chi connectivity index (χ4v) is 4.68. The molecule has 4 rings (SSSR count). The maximum Gasteiger partial charge on any atom is 0.207 e. The number of hydrogen-bond donors (Lipinski definition) is 3. The van der Waals surface area contributed by atoms with Gasteiger partial charge in [0.2, 0.25) is 6.41 Å². The number of aldehydes is 1. The maximum atomic E-state index is 9.34. The van der Waals surface area contributed by atoms with Gasteiger partial charge in [0.25, 0.3) is 0 Å². The van der Waals surface area contributed by atoms with Crippen molar-refractivity contribution in [2.75, 3.05) is 25.5 Å². The Hall–Kier alpha value is -3.37. The minimum absolute atomic E-state index is 0.115. The highest BCUT2D eigenvalue weighted by atomic mass is 35.5. The van der Waals surface area contributed by atoms with E-state index in [0.29, 0.717) is 28.3 Å². The monoisotopic (exact) mass is 566 g/mol. The van der Waals surface area contributed by atoms with Gasteiger partial charge in [0.05, 0.1) is 18.2 Å². The number of hydrogen-bond acceptors (Lipinski definition) is 5. The molecule has 0 saturated heterocycles. The Morgan fingerprint density at radius 3 is 2.21 bits per heavy atom. The lowest BCUT2D eigenvalue weighted by molar-refractivity contribution is -0.113. The lowest BCUT2D eigenvalue weighted by Crippen LogP contribution is -2.27. The number of benzene rings is 3. The smallest absolute Gasteiger partial charge is 0.207 e. The number of carbonyl (C=O) groups excluding carboxylic acids is 2. The van der Waals surface area contributed by atoms with Gasteiger partial charge in [0, 0.05) is 28.8 Å². The number of anilines is 1. The fraction of sp³-hybridized carbons (Fsp3) is 0.323. The number of nitriles is 1. The second kappa shape index (κ2) is 18.8. The van der Waals surface area contributed by atoms with Crippen molar-refractivity contribution in [1.82, 2.24) is 10.6 Å². The largest absolute Gasteiger partial charge is 0.388 e. The highest BCUT2D eigenvalue weighted by Gasteiger charge is 2.13. The molecule has 1 saturated carbocycles. The minimum Gasteiger partial charge on any atom is -0.388 e. The molecule has 1 fully saturated rings. The molecule has 3 N–H and O–H groups in total. The summed E-state index contributed by atoms with van der Waals surface area (Å²) >= 11 is 11.4. The van der Waals surface area contributed by atoms with Gasteiger partial charge in [-0.3, -0.25) is 4.79 Å². The van der Waals surface area contributed by atoms with Gasteiger partial charge in [-0.1, -0.05) is 72.4 Å². The summed E-state index contributed by atoms with van der Waals surface area (Å²) in [5.41, 5.74) is 5.31. The maximum absolute atomic E-state index is 9.34. The van der Waals surface area contributed by atoms with Crippen LogP contribution in [0.25, 0.3) is 11.1 Å². The van der Waals surface area contributed by atoms with Gasteiger partial charge in [0.1, 0.15) is 6.29 Å². The second-order valence-electron chi connectivity index (χ2n) is 9.03. The van der Waals surface area contributed by atoms with Crippen molar-refractivity contribution in [1.29, 1.82) is 5.26 Å². The Morgan fingerprint density at radius 2 is 1.64 bits per heavy atom. The topological polar surface area (TPSA) is 94.0 Å². The van der Waals surface area contributed by atoms with E-state index in [9.17, 15) is 9.59 Å². The summed E-state index contributed by atoms with van der Waals surface area (Å²) in [6.07, 6.45) is 8.92. The predicted molar refractivity (Wildman–Crippen MR) is 161 cm³/mol. The van der Waals surface area contributed by atoms with Crippen LogP contribution in [0, 0.1) is 11.3 Å². The van der Waals surface area contributed by atoms with E-state index in [1.807, 2.05) is 37.4 Å². The molecule has 3 aromatic rings. The van der Waals surface area contributed by atoms with Crippen LogP contribution in [-0.2, 0) is 16.0 Å². The van der Waals surface area contributed by atoms with Gasteiger partial charge in [-0.25, -0.2) is 0 Å². The van der Waals surface area contributed by atoms with Crippen LogP contribution in [-0.4, -0.2) is 38.9 Å². The average Bonchev–Trinajstić information content (AvgIpc) is 3.48. The molecule has 206 valence electrons. The van der Waals surface area contributed by atoms with Gasteiger partial charge < -0.3 is 20.7 Å². The van der Waals surface area contributed by atoms with E-state index in [1.54, 1.807) is 6.07 Å². The number of halogens is 2. The van der Waals surface area contributed by atoms with Crippen molar-refractivity contribution in [2.24, 2.45) is 0 Å². The van der Waals surface area contributed by atoms with E-state index >= 15 is 0 Å². The van der Waals surface area contributed by atoms with Crippen molar-refractivity contribution < 1.29 is 9.59 Å². The number of nitrogens with one attached hydrogen (secondary N) is 3. The molecule has 8 heteroatoms. The number of aryl methyl sites for hydroxylation is 1. The normalized spacial score (nSPS) is 12.2. The van der Waals surface area contributed by atoms with E-state index in [1.165, 1.54) is 43.2 Å². The standard InChI is InChI=1S/C21H24N2.C7H7Cl2N.C3H5NO2/c22-16-18-5-3-7-20(15-18)19-12-10-17(11-13-19)6-4-14-23-21-8-1-2-9-21;1-10-7-3-5(8)2-6(9)4-7;5-2-1-4-3-6/h3,5,7,10-13,15,21,23H,1-2,4,6,8-9,14H2;2-4,10H,1H3;2-3H,1H2,(H,4,6). The molecular weight excluding hydrogens is 531 g/mol. The summed E-state index contributed by atoms with van der Waals surface area (Å²) < 4.78 is 0. The quantitative estimate of drug-likeness (QED) is 0.188. The van der Waals surface area contributed by atoms with Crippen LogP contribution in [0.15, 0.2) is 66.7 Å². The SMILES string of the molecule is CNc1cc(Cl)cc(Cl)c1.N#Cc1cccc(-c2ccc(CCCNC3CCCC3)cc2)c1.O=CCNC=O. The fourth-order valence-electron chi connectivity index (χ4n) is 4.16. The molecule has 0 spiro atoms. The third-order valence-corrected chi connectivity index (χ3v) is 6.58. The van der Waals surface area contributed by atoms with E-state index in [0.717, 1.165) is 30.3 Å². The lowest BCUT2D eigenvalue weighted by atomic mass is 10.0. The Balaban J connectivity index is 0.000000275. The summed E-state index contributed by atoms with van der Waals surface area (Å²) in [5, 5.41) is 19.1. The highest BCUT2D eigenvalue weighted by Crippen LogP contribution is 2.22. The zero-order chi connectivity index (χ0) is 28.3. The van der Waals surface area contributed by atoms with Gasteiger partial charge in [-0.15, -0.1) is 0 Å². The molecule has 39 heavy (non-hydrogen) atoms. The first-order valence-corrected chi connectivity index (χ1v) is 13.8. The van der Waals surface area contributed by atoms with Crippen LogP contribution in [0.2, 0.25) is 10.0 Å². The molecule has 0 unspecified atom stereocenters. The Kier molecular flexibility index (Phi) is 15.4. The first kappa shape index (κ1) is 31.8.